The Balaban J connectivity index is 2.03. The van der Waals surface area contributed by atoms with E-state index in [2.05, 4.69) is 10.3 Å². The quantitative estimate of drug-likeness (QED) is 0.692. The van der Waals surface area contributed by atoms with Crippen LogP contribution in [-0.2, 0) is 11.3 Å². The minimum atomic E-state index is -0.357. The standard InChI is InChI=1S/C11H18N6O2/c12-3-5-17-7-9(14-15-17)11(19)16-4-1-2-8(6-16)10(13)18/h7-8H,1-6,12H2,(H2,13,18). The number of rotatable bonds is 4. The molecular weight excluding hydrogens is 248 g/mol. The fraction of sp³-hybridized carbons (Fsp3) is 0.636. The highest BCUT2D eigenvalue weighted by molar-refractivity contribution is 5.92. The van der Waals surface area contributed by atoms with Crippen LogP contribution >= 0.6 is 0 Å². The summed E-state index contributed by atoms with van der Waals surface area (Å²) in [7, 11) is 0. The van der Waals surface area contributed by atoms with E-state index in [1.807, 2.05) is 0 Å². The highest BCUT2D eigenvalue weighted by Crippen LogP contribution is 2.17. The molecule has 0 aromatic carbocycles. The van der Waals surface area contributed by atoms with E-state index in [1.165, 1.54) is 4.68 Å². The average molecular weight is 266 g/mol. The van der Waals surface area contributed by atoms with Gasteiger partial charge in [-0.3, -0.25) is 14.3 Å². The maximum Gasteiger partial charge on any atom is 0.276 e. The van der Waals surface area contributed by atoms with Crippen molar-refractivity contribution in [2.24, 2.45) is 17.4 Å². The number of hydrogen-bond acceptors (Lipinski definition) is 5. The zero-order valence-corrected chi connectivity index (χ0v) is 10.7. The lowest BCUT2D eigenvalue weighted by atomic mass is 9.97. The Bertz CT molecular complexity index is 472. The lowest BCUT2D eigenvalue weighted by Gasteiger charge is -2.30. The number of piperidine rings is 1. The summed E-state index contributed by atoms with van der Waals surface area (Å²) in [5, 5.41) is 7.65. The van der Waals surface area contributed by atoms with Crippen molar-refractivity contribution in [3.8, 4) is 0 Å². The van der Waals surface area contributed by atoms with E-state index in [0.29, 0.717) is 26.2 Å². The third-order valence-electron chi connectivity index (χ3n) is 3.23. The monoisotopic (exact) mass is 266 g/mol. The Labute approximate surface area is 110 Å². The fourth-order valence-corrected chi connectivity index (χ4v) is 2.19. The van der Waals surface area contributed by atoms with Crippen LogP contribution in [0.5, 0.6) is 0 Å². The molecule has 4 N–H and O–H groups in total. The van der Waals surface area contributed by atoms with Gasteiger partial charge in [0.15, 0.2) is 5.69 Å². The number of nitrogens with two attached hydrogens (primary N) is 2. The second-order valence-corrected chi connectivity index (χ2v) is 4.65. The summed E-state index contributed by atoms with van der Waals surface area (Å²) in [6.07, 6.45) is 3.08. The Morgan fingerprint density at radius 3 is 2.95 bits per heavy atom. The molecule has 0 saturated carbocycles. The summed E-state index contributed by atoms with van der Waals surface area (Å²) >= 11 is 0. The van der Waals surface area contributed by atoms with Gasteiger partial charge in [-0.05, 0) is 12.8 Å². The van der Waals surface area contributed by atoms with Crippen LogP contribution in [0.1, 0.15) is 23.3 Å². The summed E-state index contributed by atoms with van der Waals surface area (Å²) in [4.78, 5) is 25.0. The molecule has 2 amide bonds. The molecule has 1 aliphatic heterocycles. The molecule has 1 saturated heterocycles. The lowest BCUT2D eigenvalue weighted by Crippen LogP contribution is -2.44. The van der Waals surface area contributed by atoms with E-state index in [1.54, 1.807) is 11.1 Å². The number of carbonyl (C=O) groups is 2. The molecule has 1 fully saturated rings. The van der Waals surface area contributed by atoms with Gasteiger partial charge in [-0.2, -0.15) is 0 Å². The molecule has 1 unspecified atom stereocenters. The summed E-state index contributed by atoms with van der Waals surface area (Å²) in [5.74, 6) is -0.838. The van der Waals surface area contributed by atoms with Crippen LogP contribution in [0.2, 0.25) is 0 Å². The van der Waals surface area contributed by atoms with Crippen molar-refractivity contribution in [1.29, 1.82) is 0 Å². The second-order valence-electron chi connectivity index (χ2n) is 4.65. The van der Waals surface area contributed by atoms with E-state index >= 15 is 0 Å². The van der Waals surface area contributed by atoms with Gasteiger partial charge in [-0.25, -0.2) is 0 Å². The van der Waals surface area contributed by atoms with Crippen LogP contribution in [0.4, 0.5) is 0 Å². The molecule has 1 aliphatic rings. The number of nitrogens with zero attached hydrogens (tertiary/aromatic N) is 4. The molecule has 1 atom stereocenters. The van der Waals surface area contributed by atoms with Gasteiger partial charge in [0.1, 0.15) is 0 Å². The molecule has 0 bridgehead atoms. The van der Waals surface area contributed by atoms with Crippen molar-refractivity contribution in [1.82, 2.24) is 19.9 Å². The van der Waals surface area contributed by atoms with Crippen LogP contribution in [0.3, 0.4) is 0 Å². The normalized spacial score (nSPS) is 19.4. The van der Waals surface area contributed by atoms with Crippen LogP contribution in [0.15, 0.2) is 6.20 Å². The summed E-state index contributed by atoms with van der Waals surface area (Å²) < 4.78 is 1.53. The lowest BCUT2D eigenvalue weighted by molar-refractivity contribution is -0.123. The number of aromatic nitrogens is 3. The van der Waals surface area contributed by atoms with Crippen molar-refractivity contribution >= 4 is 11.8 Å². The molecule has 2 heterocycles. The fourth-order valence-electron chi connectivity index (χ4n) is 2.19. The van der Waals surface area contributed by atoms with Gasteiger partial charge in [0, 0.05) is 19.6 Å². The molecule has 8 nitrogen and oxygen atoms in total. The largest absolute Gasteiger partial charge is 0.369 e. The molecule has 19 heavy (non-hydrogen) atoms. The molecule has 104 valence electrons. The number of likely N-dealkylation sites (tertiary alicyclic amines) is 1. The van der Waals surface area contributed by atoms with Gasteiger partial charge in [0.05, 0.1) is 18.7 Å². The Morgan fingerprint density at radius 2 is 2.26 bits per heavy atom. The SMILES string of the molecule is NCCn1cc(C(=O)N2CCCC(C(N)=O)C2)nn1. The van der Waals surface area contributed by atoms with Crippen molar-refractivity contribution in [3.05, 3.63) is 11.9 Å². The van der Waals surface area contributed by atoms with E-state index < -0.39 is 0 Å². The highest BCUT2D eigenvalue weighted by Gasteiger charge is 2.28. The van der Waals surface area contributed by atoms with Crippen LogP contribution < -0.4 is 11.5 Å². The van der Waals surface area contributed by atoms with E-state index in [0.717, 1.165) is 12.8 Å². The number of amides is 2. The Kier molecular flexibility index (Phi) is 4.10. The summed E-state index contributed by atoms with van der Waals surface area (Å²) in [5.41, 5.74) is 11.0. The maximum absolute atomic E-state index is 12.2. The predicted octanol–water partition coefficient (Wildman–Crippen LogP) is -1.43. The van der Waals surface area contributed by atoms with Gasteiger partial charge in [-0.15, -0.1) is 5.10 Å². The van der Waals surface area contributed by atoms with E-state index in [-0.39, 0.29) is 23.4 Å². The van der Waals surface area contributed by atoms with Crippen molar-refractivity contribution in [2.75, 3.05) is 19.6 Å². The molecular formula is C11H18N6O2. The smallest absolute Gasteiger partial charge is 0.276 e. The van der Waals surface area contributed by atoms with Gasteiger partial charge in [0.25, 0.3) is 5.91 Å². The van der Waals surface area contributed by atoms with Gasteiger partial charge in [-0.1, -0.05) is 5.21 Å². The van der Waals surface area contributed by atoms with Crippen LogP contribution in [-0.4, -0.2) is 51.3 Å². The topological polar surface area (TPSA) is 120 Å². The maximum atomic E-state index is 12.2. The van der Waals surface area contributed by atoms with Gasteiger partial charge >= 0.3 is 0 Å². The van der Waals surface area contributed by atoms with Gasteiger partial charge < -0.3 is 16.4 Å². The van der Waals surface area contributed by atoms with E-state index in [9.17, 15) is 9.59 Å². The second kappa shape index (κ2) is 5.79. The van der Waals surface area contributed by atoms with Crippen molar-refractivity contribution in [2.45, 2.75) is 19.4 Å². The molecule has 2 rings (SSSR count). The first-order valence-corrected chi connectivity index (χ1v) is 6.30. The summed E-state index contributed by atoms with van der Waals surface area (Å²) in [6.45, 7) is 1.93. The minimum Gasteiger partial charge on any atom is -0.369 e. The molecule has 1 aromatic rings. The zero-order chi connectivity index (χ0) is 13.8. The third kappa shape index (κ3) is 3.08. The van der Waals surface area contributed by atoms with Crippen molar-refractivity contribution in [3.63, 3.8) is 0 Å². The molecule has 1 aromatic heterocycles. The van der Waals surface area contributed by atoms with Crippen LogP contribution in [0.25, 0.3) is 0 Å². The predicted molar refractivity (Wildman–Crippen MR) is 66.9 cm³/mol. The Morgan fingerprint density at radius 1 is 1.47 bits per heavy atom. The van der Waals surface area contributed by atoms with Gasteiger partial charge in [0.2, 0.25) is 5.91 Å². The van der Waals surface area contributed by atoms with Crippen LogP contribution in [0, 0.1) is 5.92 Å². The first-order valence-electron chi connectivity index (χ1n) is 6.30. The summed E-state index contributed by atoms with van der Waals surface area (Å²) in [6, 6.07) is 0. The average Bonchev–Trinajstić information content (AvgIpc) is 2.87. The van der Waals surface area contributed by atoms with Crippen molar-refractivity contribution < 1.29 is 9.59 Å². The molecule has 0 radical (unpaired) electrons. The minimum absolute atomic E-state index is 0.214. The number of primary amides is 1. The third-order valence-corrected chi connectivity index (χ3v) is 3.23. The first kappa shape index (κ1) is 13.5. The van der Waals surface area contributed by atoms with E-state index in [4.69, 9.17) is 11.5 Å². The number of hydrogen-bond donors (Lipinski definition) is 2. The number of carbonyl (C=O) groups excluding carboxylic acids is 2. The molecule has 0 spiro atoms. The highest BCUT2D eigenvalue weighted by atomic mass is 16.2. The first-order chi connectivity index (χ1) is 9.11. The Hall–Kier alpha value is -1.96. The molecule has 0 aliphatic carbocycles. The zero-order valence-electron chi connectivity index (χ0n) is 10.7. The molecule has 8 heteroatoms.